The number of hydrogen-bond acceptors (Lipinski definition) is 5. The van der Waals surface area contributed by atoms with Crippen LogP contribution in [0.15, 0.2) is 53.1 Å². The van der Waals surface area contributed by atoms with Crippen molar-refractivity contribution in [2.45, 2.75) is 33.2 Å². The van der Waals surface area contributed by atoms with E-state index in [1.54, 1.807) is 6.20 Å². The van der Waals surface area contributed by atoms with Gasteiger partial charge in [-0.25, -0.2) is 0 Å². The molecule has 0 saturated heterocycles. The summed E-state index contributed by atoms with van der Waals surface area (Å²) in [5.41, 5.74) is 4.10. The molecule has 5 nitrogen and oxygen atoms in total. The maximum absolute atomic E-state index is 9.63. The van der Waals surface area contributed by atoms with Gasteiger partial charge in [0.15, 0.2) is 0 Å². The molecule has 1 aromatic heterocycles. The molecule has 2 N–H and O–H groups in total. The van der Waals surface area contributed by atoms with E-state index in [0.717, 1.165) is 58.5 Å². The fraction of sp³-hybridized carbons (Fsp3) is 0.333. The van der Waals surface area contributed by atoms with Crippen molar-refractivity contribution in [3.05, 3.63) is 58.7 Å². The van der Waals surface area contributed by atoms with Gasteiger partial charge < -0.3 is 15.5 Å². The van der Waals surface area contributed by atoms with Gasteiger partial charge in [0.1, 0.15) is 6.07 Å². The lowest BCUT2D eigenvalue weighted by molar-refractivity contribution is 0.295. The van der Waals surface area contributed by atoms with Crippen LogP contribution >= 0.6 is 15.9 Å². The summed E-state index contributed by atoms with van der Waals surface area (Å²) >= 11 is 3.50. The summed E-state index contributed by atoms with van der Waals surface area (Å²) in [5, 5.41) is 17.6. The second-order valence-electron chi connectivity index (χ2n) is 7.39. The van der Waals surface area contributed by atoms with Gasteiger partial charge in [-0.3, -0.25) is 4.98 Å². The largest absolute Gasteiger partial charge is 0.383 e. The molecule has 3 rings (SSSR count). The molecule has 0 fully saturated rings. The Labute approximate surface area is 187 Å². The lowest BCUT2D eigenvalue weighted by atomic mass is 10.1. The summed E-state index contributed by atoms with van der Waals surface area (Å²) in [7, 11) is 0. The van der Waals surface area contributed by atoms with E-state index in [0.29, 0.717) is 11.6 Å². The zero-order valence-electron chi connectivity index (χ0n) is 17.7. The van der Waals surface area contributed by atoms with Crippen LogP contribution in [0.4, 0.5) is 17.1 Å². The van der Waals surface area contributed by atoms with Crippen LogP contribution in [-0.4, -0.2) is 35.6 Å². The van der Waals surface area contributed by atoms with E-state index in [9.17, 15) is 5.26 Å². The third-order valence-electron chi connectivity index (χ3n) is 5.27. The first-order valence-corrected chi connectivity index (χ1v) is 11.2. The van der Waals surface area contributed by atoms with Crippen molar-refractivity contribution >= 4 is 43.9 Å². The Morgan fingerprint density at radius 1 is 1.13 bits per heavy atom. The van der Waals surface area contributed by atoms with E-state index in [2.05, 4.69) is 75.4 Å². The first-order chi connectivity index (χ1) is 14.5. The number of pyridine rings is 1. The molecule has 0 aliphatic heterocycles. The predicted molar refractivity (Wildman–Crippen MR) is 129 cm³/mol. The second-order valence-corrected chi connectivity index (χ2v) is 8.30. The summed E-state index contributed by atoms with van der Waals surface area (Å²) in [4.78, 5) is 6.90. The highest BCUT2D eigenvalue weighted by atomic mass is 79.9. The predicted octanol–water partition coefficient (Wildman–Crippen LogP) is 6.14. The standard InChI is InChI=1S/C24H28BrN5/c1-4-30(5-2)12-11-17(3)28-21-9-10-23-22(14-21)24(18(15-26)16-27-23)29-20-8-6-7-19(25)13-20/h6-10,13-14,16-17,28H,4-5,11-12H2,1-3H3,(H,27,29). The van der Waals surface area contributed by atoms with Gasteiger partial charge in [-0.1, -0.05) is 35.8 Å². The summed E-state index contributed by atoms with van der Waals surface area (Å²) in [5.74, 6) is 0. The van der Waals surface area contributed by atoms with Gasteiger partial charge in [-0.2, -0.15) is 5.26 Å². The number of aromatic nitrogens is 1. The van der Waals surface area contributed by atoms with Crippen molar-refractivity contribution in [3.8, 4) is 6.07 Å². The Balaban J connectivity index is 1.87. The van der Waals surface area contributed by atoms with Crippen LogP contribution in [0, 0.1) is 11.3 Å². The summed E-state index contributed by atoms with van der Waals surface area (Å²) in [6, 6.07) is 16.7. The SMILES string of the molecule is CCN(CC)CCC(C)Nc1ccc2ncc(C#N)c(Nc3cccc(Br)c3)c2c1. The molecule has 1 unspecified atom stereocenters. The van der Waals surface area contributed by atoms with Gasteiger partial charge in [-0.05, 0) is 62.8 Å². The summed E-state index contributed by atoms with van der Waals surface area (Å²) in [6.07, 6.45) is 2.70. The van der Waals surface area contributed by atoms with Gasteiger partial charge in [0.2, 0.25) is 0 Å². The Hall–Kier alpha value is -2.62. The number of rotatable bonds is 9. The highest BCUT2D eigenvalue weighted by molar-refractivity contribution is 9.10. The molecule has 30 heavy (non-hydrogen) atoms. The van der Waals surface area contributed by atoms with E-state index in [1.165, 1.54) is 0 Å². The summed E-state index contributed by atoms with van der Waals surface area (Å²) in [6.45, 7) is 9.83. The minimum absolute atomic E-state index is 0.344. The van der Waals surface area contributed by atoms with Crippen LogP contribution in [0.5, 0.6) is 0 Å². The van der Waals surface area contributed by atoms with E-state index in [-0.39, 0.29) is 0 Å². The summed E-state index contributed by atoms with van der Waals surface area (Å²) < 4.78 is 0.980. The quantitative estimate of drug-likeness (QED) is 0.396. The number of nitriles is 1. The van der Waals surface area contributed by atoms with Crippen LogP contribution in [0.25, 0.3) is 10.9 Å². The highest BCUT2D eigenvalue weighted by Crippen LogP contribution is 2.31. The number of hydrogen-bond donors (Lipinski definition) is 2. The number of benzene rings is 2. The molecule has 156 valence electrons. The van der Waals surface area contributed by atoms with Crippen molar-refractivity contribution in [1.82, 2.24) is 9.88 Å². The zero-order chi connectivity index (χ0) is 21.5. The van der Waals surface area contributed by atoms with Gasteiger partial charge in [0.05, 0.1) is 16.8 Å². The van der Waals surface area contributed by atoms with E-state index in [1.807, 2.05) is 30.3 Å². The van der Waals surface area contributed by atoms with Crippen molar-refractivity contribution in [1.29, 1.82) is 5.26 Å². The van der Waals surface area contributed by atoms with Crippen molar-refractivity contribution in [2.24, 2.45) is 0 Å². The molecule has 3 aromatic rings. The van der Waals surface area contributed by atoms with Crippen LogP contribution in [0.3, 0.4) is 0 Å². The lowest BCUT2D eigenvalue weighted by Crippen LogP contribution is -2.28. The normalized spacial score (nSPS) is 12.0. The molecule has 0 amide bonds. The van der Waals surface area contributed by atoms with Crippen LogP contribution in [-0.2, 0) is 0 Å². The molecule has 0 aliphatic rings. The average Bonchev–Trinajstić information content (AvgIpc) is 2.75. The second kappa shape index (κ2) is 10.4. The van der Waals surface area contributed by atoms with Crippen LogP contribution < -0.4 is 10.6 Å². The van der Waals surface area contributed by atoms with Gasteiger partial charge in [-0.15, -0.1) is 0 Å². The topological polar surface area (TPSA) is 64.0 Å². The van der Waals surface area contributed by atoms with Crippen molar-refractivity contribution in [3.63, 3.8) is 0 Å². The van der Waals surface area contributed by atoms with Crippen molar-refractivity contribution < 1.29 is 0 Å². The van der Waals surface area contributed by atoms with Gasteiger partial charge in [0.25, 0.3) is 0 Å². The Morgan fingerprint density at radius 2 is 1.93 bits per heavy atom. The lowest BCUT2D eigenvalue weighted by Gasteiger charge is -2.22. The number of nitrogens with one attached hydrogen (secondary N) is 2. The van der Waals surface area contributed by atoms with Crippen molar-refractivity contribution in [2.75, 3.05) is 30.3 Å². The number of halogens is 1. The van der Waals surface area contributed by atoms with Crippen LogP contribution in [0.2, 0.25) is 0 Å². The number of anilines is 3. The molecule has 6 heteroatoms. The molecule has 0 bridgehead atoms. The van der Waals surface area contributed by atoms with Gasteiger partial charge >= 0.3 is 0 Å². The number of nitrogens with zero attached hydrogens (tertiary/aromatic N) is 3. The van der Waals surface area contributed by atoms with E-state index < -0.39 is 0 Å². The third-order valence-corrected chi connectivity index (χ3v) is 5.76. The highest BCUT2D eigenvalue weighted by Gasteiger charge is 2.12. The third kappa shape index (κ3) is 5.50. The molecule has 2 aromatic carbocycles. The maximum Gasteiger partial charge on any atom is 0.103 e. The minimum Gasteiger partial charge on any atom is -0.383 e. The Morgan fingerprint density at radius 3 is 2.63 bits per heavy atom. The maximum atomic E-state index is 9.63. The molecule has 0 radical (unpaired) electrons. The van der Waals surface area contributed by atoms with Gasteiger partial charge in [0, 0.05) is 40.0 Å². The fourth-order valence-electron chi connectivity index (χ4n) is 3.49. The smallest absolute Gasteiger partial charge is 0.103 e. The van der Waals surface area contributed by atoms with E-state index >= 15 is 0 Å². The van der Waals surface area contributed by atoms with E-state index in [4.69, 9.17) is 0 Å². The van der Waals surface area contributed by atoms with Crippen LogP contribution in [0.1, 0.15) is 32.8 Å². The molecule has 0 saturated carbocycles. The molecular weight excluding hydrogens is 438 g/mol. The molecule has 1 atom stereocenters. The monoisotopic (exact) mass is 465 g/mol. The minimum atomic E-state index is 0.344. The molecular formula is C24H28BrN5. The number of fused-ring (bicyclic) bond motifs is 1. The fourth-order valence-corrected chi connectivity index (χ4v) is 3.88. The first-order valence-electron chi connectivity index (χ1n) is 10.4. The molecule has 1 heterocycles. The average molecular weight is 466 g/mol. The Kier molecular flexibility index (Phi) is 7.67. The zero-order valence-corrected chi connectivity index (χ0v) is 19.3. The Bertz CT molecular complexity index is 1040. The first kappa shape index (κ1) is 22.1. The molecule has 0 aliphatic carbocycles. The molecule has 0 spiro atoms.